The summed E-state index contributed by atoms with van der Waals surface area (Å²) in [5.41, 5.74) is 0.191. The molecule has 0 aliphatic rings. The van der Waals surface area contributed by atoms with E-state index in [0.29, 0.717) is 27.5 Å². The smallest absolute Gasteiger partial charge is 0.335 e. The molecule has 0 atom stereocenters. The average Bonchev–Trinajstić information content (AvgIpc) is 2.83. The van der Waals surface area contributed by atoms with Crippen molar-refractivity contribution >= 4 is 39.8 Å². The maximum atomic E-state index is 12.0. The Kier molecular flexibility index (Phi) is 3.48. The number of aromatic amines is 1. The Balaban J connectivity index is 2.08. The first-order valence-corrected chi connectivity index (χ1v) is 7.23. The highest BCUT2D eigenvalue weighted by Crippen LogP contribution is 2.23. The van der Waals surface area contributed by atoms with E-state index in [-0.39, 0.29) is 11.1 Å². The lowest BCUT2D eigenvalue weighted by Gasteiger charge is -2.03. The number of thiophene rings is 1. The molecule has 0 aliphatic heterocycles. The number of rotatable bonds is 3. The number of benzene rings is 1. The predicted octanol–water partition coefficient (Wildman–Crippen LogP) is 2.93. The van der Waals surface area contributed by atoms with Crippen LogP contribution >= 0.6 is 22.9 Å². The molecule has 0 saturated carbocycles. The number of fused-ring (bicyclic) bond motifs is 1. The number of carboxylic acid groups (broad SMARTS) is 1. The number of nitrogens with zero attached hydrogens (tertiary/aromatic N) is 1. The molecule has 21 heavy (non-hydrogen) atoms. The number of hydrogen-bond donors (Lipinski definition) is 2. The van der Waals surface area contributed by atoms with Gasteiger partial charge in [-0.25, -0.2) is 9.78 Å². The van der Waals surface area contributed by atoms with Gasteiger partial charge in [-0.3, -0.25) is 4.79 Å². The van der Waals surface area contributed by atoms with Gasteiger partial charge >= 0.3 is 5.97 Å². The van der Waals surface area contributed by atoms with Crippen molar-refractivity contribution in [2.75, 3.05) is 0 Å². The van der Waals surface area contributed by atoms with E-state index in [1.54, 1.807) is 6.07 Å². The molecule has 0 unspecified atom stereocenters. The molecule has 3 rings (SSSR count). The summed E-state index contributed by atoms with van der Waals surface area (Å²) in [5.74, 6) is -0.570. The number of carbonyl (C=O) groups is 1. The van der Waals surface area contributed by atoms with Crippen LogP contribution in [0.25, 0.3) is 10.9 Å². The third-order valence-electron chi connectivity index (χ3n) is 2.97. The molecule has 0 amide bonds. The van der Waals surface area contributed by atoms with Crippen molar-refractivity contribution in [2.24, 2.45) is 0 Å². The van der Waals surface area contributed by atoms with Gasteiger partial charge in [0.05, 0.1) is 20.8 Å². The molecule has 0 saturated heterocycles. The van der Waals surface area contributed by atoms with E-state index in [2.05, 4.69) is 9.97 Å². The minimum absolute atomic E-state index is 0.103. The van der Waals surface area contributed by atoms with Crippen LogP contribution in [-0.4, -0.2) is 21.0 Å². The Hall–Kier alpha value is -2.18. The number of aromatic carboxylic acids is 1. The average molecular weight is 321 g/mol. The van der Waals surface area contributed by atoms with E-state index in [9.17, 15) is 9.59 Å². The summed E-state index contributed by atoms with van der Waals surface area (Å²) < 4.78 is 0.668. The Labute approximate surface area is 127 Å². The van der Waals surface area contributed by atoms with Crippen LogP contribution in [0.15, 0.2) is 35.1 Å². The first-order valence-electron chi connectivity index (χ1n) is 6.03. The molecule has 2 aromatic heterocycles. The second kappa shape index (κ2) is 5.31. The molecule has 0 fully saturated rings. The quantitative estimate of drug-likeness (QED) is 0.777. The SMILES string of the molecule is O=C(O)c1ccc2c(=O)[nH]c(Cc3ccc(Cl)s3)nc2c1. The first kappa shape index (κ1) is 13.8. The molecular weight excluding hydrogens is 312 g/mol. The Bertz CT molecular complexity index is 901. The molecule has 106 valence electrons. The highest BCUT2D eigenvalue weighted by atomic mass is 35.5. The zero-order valence-electron chi connectivity index (χ0n) is 10.6. The van der Waals surface area contributed by atoms with Crippen LogP contribution in [0.2, 0.25) is 4.34 Å². The van der Waals surface area contributed by atoms with Gasteiger partial charge in [0.25, 0.3) is 5.56 Å². The van der Waals surface area contributed by atoms with Crippen molar-refractivity contribution in [2.45, 2.75) is 6.42 Å². The molecule has 0 bridgehead atoms. The van der Waals surface area contributed by atoms with Crippen LogP contribution in [0.3, 0.4) is 0 Å². The second-order valence-corrected chi connectivity index (χ2v) is 6.23. The van der Waals surface area contributed by atoms with Crippen molar-refractivity contribution in [3.63, 3.8) is 0 Å². The van der Waals surface area contributed by atoms with Gasteiger partial charge in [-0.15, -0.1) is 11.3 Å². The molecule has 0 spiro atoms. The standard InChI is InChI=1S/C14H9ClN2O3S/c15-11-4-2-8(21-11)6-12-16-10-5-7(14(19)20)1-3-9(10)13(18)17-12/h1-5H,6H2,(H,19,20)(H,16,17,18). The third kappa shape index (κ3) is 2.81. The molecule has 7 heteroatoms. The van der Waals surface area contributed by atoms with Crippen LogP contribution < -0.4 is 5.56 Å². The van der Waals surface area contributed by atoms with Crippen LogP contribution in [0.4, 0.5) is 0 Å². The molecule has 2 heterocycles. The van der Waals surface area contributed by atoms with Gasteiger partial charge in [0.2, 0.25) is 0 Å². The van der Waals surface area contributed by atoms with Gasteiger partial charge in [-0.1, -0.05) is 11.6 Å². The molecule has 0 aliphatic carbocycles. The fraction of sp³-hybridized carbons (Fsp3) is 0.0714. The van der Waals surface area contributed by atoms with Gasteiger partial charge in [-0.2, -0.15) is 0 Å². The van der Waals surface area contributed by atoms with Gasteiger partial charge in [0.15, 0.2) is 0 Å². The number of carboxylic acids is 1. The highest BCUT2D eigenvalue weighted by molar-refractivity contribution is 7.16. The van der Waals surface area contributed by atoms with Crippen molar-refractivity contribution in [3.05, 3.63) is 61.3 Å². The van der Waals surface area contributed by atoms with E-state index >= 15 is 0 Å². The summed E-state index contributed by atoms with van der Waals surface area (Å²) in [6.07, 6.45) is 0.444. The van der Waals surface area contributed by atoms with Gasteiger partial charge in [0, 0.05) is 11.3 Å². The highest BCUT2D eigenvalue weighted by Gasteiger charge is 2.09. The molecule has 3 aromatic rings. The summed E-state index contributed by atoms with van der Waals surface area (Å²) >= 11 is 7.28. The summed E-state index contributed by atoms with van der Waals surface area (Å²) in [4.78, 5) is 31.0. The fourth-order valence-electron chi connectivity index (χ4n) is 2.02. The van der Waals surface area contributed by atoms with Crippen LogP contribution in [-0.2, 0) is 6.42 Å². The minimum Gasteiger partial charge on any atom is -0.478 e. The van der Waals surface area contributed by atoms with E-state index in [4.69, 9.17) is 16.7 Å². The summed E-state index contributed by atoms with van der Waals surface area (Å²) in [7, 11) is 0. The summed E-state index contributed by atoms with van der Waals surface area (Å²) in [6.45, 7) is 0. The minimum atomic E-state index is -1.05. The molecule has 1 aromatic carbocycles. The number of hydrogen-bond acceptors (Lipinski definition) is 4. The Morgan fingerprint density at radius 1 is 1.33 bits per heavy atom. The van der Waals surface area contributed by atoms with E-state index < -0.39 is 5.97 Å². The predicted molar refractivity (Wildman–Crippen MR) is 81.5 cm³/mol. The number of halogens is 1. The largest absolute Gasteiger partial charge is 0.478 e. The molecule has 5 nitrogen and oxygen atoms in total. The first-order chi connectivity index (χ1) is 10.0. The monoisotopic (exact) mass is 320 g/mol. The van der Waals surface area contributed by atoms with Crippen LogP contribution in [0.5, 0.6) is 0 Å². The lowest BCUT2D eigenvalue weighted by molar-refractivity contribution is 0.0697. The van der Waals surface area contributed by atoms with Gasteiger partial charge in [0.1, 0.15) is 5.82 Å². The third-order valence-corrected chi connectivity index (χ3v) is 4.20. The van der Waals surface area contributed by atoms with Crippen molar-refractivity contribution in [1.29, 1.82) is 0 Å². The maximum Gasteiger partial charge on any atom is 0.335 e. The lowest BCUT2D eigenvalue weighted by atomic mass is 10.1. The molecule has 0 radical (unpaired) electrons. The van der Waals surface area contributed by atoms with Gasteiger partial charge in [-0.05, 0) is 30.3 Å². The van der Waals surface area contributed by atoms with Crippen LogP contribution in [0, 0.1) is 0 Å². The lowest BCUT2D eigenvalue weighted by Crippen LogP contribution is -2.12. The van der Waals surface area contributed by atoms with Crippen molar-refractivity contribution in [1.82, 2.24) is 9.97 Å². The Morgan fingerprint density at radius 3 is 2.81 bits per heavy atom. The van der Waals surface area contributed by atoms with Crippen LogP contribution in [0.1, 0.15) is 21.1 Å². The fourth-order valence-corrected chi connectivity index (χ4v) is 3.11. The van der Waals surface area contributed by atoms with E-state index in [1.165, 1.54) is 29.5 Å². The zero-order chi connectivity index (χ0) is 15.0. The Morgan fingerprint density at radius 2 is 2.14 bits per heavy atom. The van der Waals surface area contributed by atoms with Crippen molar-refractivity contribution in [3.8, 4) is 0 Å². The maximum absolute atomic E-state index is 12.0. The van der Waals surface area contributed by atoms with E-state index in [1.807, 2.05) is 6.07 Å². The number of H-pyrrole nitrogens is 1. The zero-order valence-corrected chi connectivity index (χ0v) is 12.2. The second-order valence-electron chi connectivity index (χ2n) is 4.43. The number of aromatic nitrogens is 2. The summed E-state index contributed by atoms with van der Waals surface area (Å²) in [6, 6.07) is 7.91. The molecular formula is C14H9ClN2O3S. The normalized spacial score (nSPS) is 10.9. The summed E-state index contributed by atoms with van der Waals surface area (Å²) in [5, 5.41) is 9.36. The molecule has 2 N–H and O–H groups in total. The van der Waals surface area contributed by atoms with Crippen molar-refractivity contribution < 1.29 is 9.90 Å². The number of nitrogens with one attached hydrogen (secondary N) is 1. The topological polar surface area (TPSA) is 83.0 Å². The van der Waals surface area contributed by atoms with E-state index in [0.717, 1.165) is 4.88 Å². The van der Waals surface area contributed by atoms with Gasteiger partial charge < -0.3 is 10.1 Å².